The maximum atomic E-state index is 14.6. The second-order valence-electron chi connectivity index (χ2n) is 26.0. The standard InChI is InChI=1S/C67H89N9O8.2ClH/c1-40(68-9)59(78)73-57(66(3,4)5)64(83)75-38-44(35-54(75)62(81)71-52-23-15-19-45-17-11-13-21-50(45)52)36-56(77)47-31-27-42(28-32-47)25-26-43-29-33-48(34-30-43)61(80)70-49-37-55(63(82)72-53-24-16-20-46-18-12-14-22-51(46)53)76(39-49)65(84)58(67(6,7)8)74-60(79)41(2)69-10;;/h11-14,17-18,21-22,27-34,40-41,44,49,52-55,57-58,68-69H,15-16,19-20,23-26,35-39H2,1-10H3,(H,70,80)(H,71,81)(H,72,82)(H,73,78)(H,74,79);2*1H/t40-,41-,44-,49+,52+,53+,54-,55-,57+,58+;;/m0../s1. The van der Waals surface area contributed by atoms with Crippen LogP contribution in [0.3, 0.4) is 0 Å². The summed E-state index contributed by atoms with van der Waals surface area (Å²) in [6.07, 6.45) is 7.25. The van der Waals surface area contributed by atoms with Crippen molar-refractivity contribution in [1.82, 2.24) is 47.0 Å². The van der Waals surface area contributed by atoms with E-state index >= 15 is 0 Å². The number of aryl methyl sites for hydroxylation is 4. The Morgan fingerprint density at radius 2 is 0.953 bits per heavy atom. The fourth-order valence-corrected chi connectivity index (χ4v) is 12.4. The fraction of sp³-hybridized carbons (Fsp3) is 0.522. The number of hydrogen-bond acceptors (Lipinski definition) is 10. The van der Waals surface area contributed by atoms with Crippen molar-refractivity contribution in [2.75, 3.05) is 27.2 Å². The summed E-state index contributed by atoms with van der Waals surface area (Å²) in [7, 11) is 3.35. The zero-order chi connectivity index (χ0) is 60.6. The molecule has 466 valence electrons. The van der Waals surface area contributed by atoms with E-state index < -0.39 is 53.1 Å². The molecule has 86 heavy (non-hydrogen) atoms. The third-order valence-electron chi connectivity index (χ3n) is 17.7. The largest absolute Gasteiger partial charge is 0.347 e. The van der Waals surface area contributed by atoms with Gasteiger partial charge in [-0.1, -0.05) is 126 Å². The van der Waals surface area contributed by atoms with Crippen molar-refractivity contribution in [2.24, 2.45) is 16.7 Å². The van der Waals surface area contributed by atoms with Crippen molar-refractivity contribution >= 4 is 71.9 Å². The number of rotatable bonds is 20. The van der Waals surface area contributed by atoms with Gasteiger partial charge in [0.25, 0.3) is 5.91 Å². The van der Waals surface area contributed by atoms with E-state index in [2.05, 4.69) is 49.4 Å². The molecule has 10 atom stereocenters. The summed E-state index contributed by atoms with van der Waals surface area (Å²) in [5, 5.41) is 21.4. The molecule has 8 rings (SSSR count). The van der Waals surface area contributed by atoms with Crippen molar-refractivity contribution in [3.63, 3.8) is 0 Å². The van der Waals surface area contributed by atoms with E-state index in [9.17, 15) is 38.4 Å². The van der Waals surface area contributed by atoms with Gasteiger partial charge in [-0.2, -0.15) is 0 Å². The smallest absolute Gasteiger partial charge is 0.251 e. The van der Waals surface area contributed by atoms with Gasteiger partial charge in [0.2, 0.25) is 35.4 Å². The number of halogens is 2. The Morgan fingerprint density at radius 3 is 1.40 bits per heavy atom. The summed E-state index contributed by atoms with van der Waals surface area (Å²) in [4.78, 5) is 115. The van der Waals surface area contributed by atoms with Crippen LogP contribution in [0.4, 0.5) is 0 Å². The highest BCUT2D eigenvalue weighted by atomic mass is 35.5. The summed E-state index contributed by atoms with van der Waals surface area (Å²) in [6, 6.07) is 25.5. The van der Waals surface area contributed by atoms with Crippen LogP contribution in [0.2, 0.25) is 0 Å². The number of likely N-dealkylation sites (N-methyl/N-ethyl adjacent to an activating group) is 2. The van der Waals surface area contributed by atoms with Gasteiger partial charge >= 0.3 is 0 Å². The normalized spacial score (nSPS) is 21.3. The van der Waals surface area contributed by atoms with Crippen LogP contribution in [0.25, 0.3) is 0 Å². The lowest BCUT2D eigenvalue weighted by Crippen LogP contribution is -2.59. The number of nitrogens with one attached hydrogen (secondary N) is 7. The fourth-order valence-electron chi connectivity index (χ4n) is 12.4. The van der Waals surface area contributed by atoms with E-state index in [0.717, 1.165) is 60.8 Å². The molecule has 4 aromatic carbocycles. The van der Waals surface area contributed by atoms with Crippen molar-refractivity contribution in [3.8, 4) is 0 Å². The number of carbonyl (C=O) groups is 8. The van der Waals surface area contributed by atoms with Crippen molar-refractivity contribution < 1.29 is 38.4 Å². The lowest BCUT2D eigenvalue weighted by molar-refractivity contribution is -0.144. The average Bonchev–Trinajstić information content (AvgIpc) is 2.31. The first kappa shape index (κ1) is 68.5. The van der Waals surface area contributed by atoms with Gasteiger partial charge in [0.1, 0.15) is 24.2 Å². The predicted octanol–water partition coefficient (Wildman–Crippen LogP) is 7.47. The maximum absolute atomic E-state index is 14.6. The molecule has 17 nitrogen and oxygen atoms in total. The number of carbonyl (C=O) groups excluding carboxylic acids is 8. The summed E-state index contributed by atoms with van der Waals surface area (Å²) in [5.41, 5.74) is 6.18. The summed E-state index contributed by atoms with van der Waals surface area (Å²) < 4.78 is 0. The van der Waals surface area contributed by atoms with Gasteiger partial charge in [0.05, 0.1) is 24.2 Å². The molecule has 0 saturated carbocycles. The van der Waals surface area contributed by atoms with E-state index in [0.29, 0.717) is 30.4 Å². The molecule has 2 heterocycles. The molecule has 2 fully saturated rings. The molecule has 0 unspecified atom stereocenters. The molecule has 2 saturated heterocycles. The average molecular weight is 1220 g/mol. The molecule has 2 aliphatic heterocycles. The van der Waals surface area contributed by atoms with Gasteiger partial charge in [-0.15, -0.1) is 24.8 Å². The zero-order valence-electron chi connectivity index (χ0n) is 51.7. The minimum absolute atomic E-state index is 0. The third kappa shape index (κ3) is 16.7. The number of Topliss-reactive ketones (excluding diaryl/α,β-unsaturated/α-hetero) is 1. The van der Waals surface area contributed by atoms with Crippen molar-refractivity contribution in [1.29, 1.82) is 0 Å². The summed E-state index contributed by atoms with van der Waals surface area (Å²) in [5.74, 6) is -2.66. The highest BCUT2D eigenvalue weighted by Crippen LogP contribution is 2.35. The first-order valence-electron chi connectivity index (χ1n) is 30.3. The number of nitrogens with zero attached hydrogens (tertiary/aromatic N) is 2. The molecular formula is C67H91Cl2N9O8. The first-order chi connectivity index (χ1) is 39.9. The highest BCUT2D eigenvalue weighted by Gasteiger charge is 2.48. The van der Waals surface area contributed by atoms with E-state index in [-0.39, 0.29) is 116 Å². The number of likely N-dealkylation sites (tertiary alicyclic amines) is 2. The van der Waals surface area contributed by atoms with E-state index in [1.165, 1.54) is 16.0 Å². The molecule has 7 N–H and O–H groups in total. The van der Waals surface area contributed by atoms with Crippen molar-refractivity contribution in [3.05, 3.63) is 142 Å². The Hall–Kier alpha value is -6.66. The number of hydrogen-bond donors (Lipinski definition) is 7. The molecule has 0 spiro atoms. The topological polar surface area (TPSA) is 227 Å². The van der Waals surface area contributed by atoms with Crippen LogP contribution in [0.15, 0.2) is 97.1 Å². The maximum Gasteiger partial charge on any atom is 0.251 e. The van der Waals surface area contributed by atoms with Gasteiger partial charge in [0, 0.05) is 36.7 Å². The Morgan fingerprint density at radius 1 is 0.535 bits per heavy atom. The van der Waals surface area contributed by atoms with Gasteiger partial charge < -0.3 is 47.0 Å². The molecule has 0 aromatic heterocycles. The van der Waals surface area contributed by atoms with Crippen LogP contribution < -0.4 is 37.2 Å². The molecule has 19 heteroatoms. The third-order valence-corrected chi connectivity index (χ3v) is 17.7. The van der Waals surface area contributed by atoms with E-state index in [4.69, 9.17) is 0 Å². The number of amides is 7. The minimum Gasteiger partial charge on any atom is -0.347 e. The van der Waals surface area contributed by atoms with Crippen LogP contribution in [0.1, 0.15) is 167 Å². The van der Waals surface area contributed by atoms with Crippen LogP contribution in [-0.4, -0.2) is 126 Å². The number of ketones is 1. The lowest BCUT2D eigenvalue weighted by Gasteiger charge is -2.36. The Labute approximate surface area is 520 Å². The first-order valence-corrected chi connectivity index (χ1v) is 30.3. The predicted molar refractivity (Wildman–Crippen MR) is 339 cm³/mol. The Bertz CT molecular complexity index is 2850. The van der Waals surface area contributed by atoms with E-state index in [1.54, 1.807) is 45.0 Å². The molecule has 7 amide bonds. The van der Waals surface area contributed by atoms with E-state index in [1.807, 2.05) is 114 Å². The van der Waals surface area contributed by atoms with Crippen LogP contribution in [0.5, 0.6) is 0 Å². The van der Waals surface area contributed by atoms with Gasteiger partial charge in [-0.3, -0.25) is 38.4 Å². The number of benzene rings is 4. The summed E-state index contributed by atoms with van der Waals surface area (Å²) in [6.45, 7) is 15.0. The number of fused-ring (bicyclic) bond motifs is 2. The quantitative estimate of drug-likeness (QED) is 0.0432. The molecule has 0 radical (unpaired) electrons. The second-order valence-corrected chi connectivity index (χ2v) is 26.0. The molecule has 0 bridgehead atoms. The molecular weight excluding hydrogens is 1130 g/mol. The molecule has 4 aliphatic rings. The van der Waals surface area contributed by atoms with Crippen LogP contribution in [0, 0.1) is 16.7 Å². The SMILES string of the molecule is CN[C@@H](C)C(=O)N[C@H](C(=O)N1C[C@H](CC(=O)c2ccc(CCc3ccc(C(=O)N[C@@H]4C[C@@H](C(=O)N[C@@H]5CCCc6ccccc65)N(C(=O)[C@@H](NC(=O)[C@H](C)NC)C(C)(C)C)C4)cc3)cc2)C[C@H]1C(=O)N[C@@H]1CCCc2ccccc21)C(C)(C)C.Cl.Cl. The van der Waals surface area contributed by atoms with Gasteiger partial charge in [-0.05, 0) is 154 Å². The summed E-state index contributed by atoms with van der Waals surface area (Å²) >= 11 is 0. The monoisotopic (exact) mass is 1220 g/mol. The second kappa shape index (κ2) is 29.8. The zero-order valence-corrected chi connectivity index (χ0v) is 53.3. The lowest BCUT2D eigenvalue weighted by atomic mass is 9.85. The minimum atomic E-state index is -0.938. The Balaban J connectivity index is 0.00000591. The molecule has 2 aliphatic carbocycles. The van der Waals surface area contributed by atoms with Crippen LogP contribution >= 0.6 is 24.8 Å². The van der Waals surface area contributed by atoms with Gasteiger partial charge in [-0.25, -0.2) is 0 Å². The highest BCUT2D eigenvalue weighted by molar-refractivity contribution is 5.98. The van der Waals surface area contributed by atoms with Gasteiger partial charge in [0.15, 0.2) is 5.78 Å². The van der Waals surface area contributed by atoms with Crippen molar-refractivity contribution in [2.45, 2.75) is 180 Å². The molecule has 4 aromatic rings. The van der Waals surface area contributed by atoms with Crippen LogP contribution in [-0.2, 0) is 54.5 Å². The Kier molecular flexibility index (Phi) is 23.7.